The number of nitrogens with zero attached hydrogens (tertiary/aromatic N) is 3. The topological polar surface area (TPSA) is 82.1 Å². The molecule has 7 heteroatoms. The van der Waals surface area contributed by atoms with Crippen molar-refractivity contribution >= 4 is 17.4 Å². The minimum Gasteiger partial charge on any atom is -0.411 e. The molecule has 0 atom stereocenters. The fraction of sp³-hybridized carbons (Fsp3) is 0.263. The van der Waals surface area contributed by atoms with Crippen molar-refractivity contribution in [3.8, 4) is 11.5 Å². The SMILES string of the molecule is CC(C)(C)c1ccc(-c2nnc(SCc3cccc([N+](=O)[O-])c3)o2)cc1. The Morgan fingerprint density at radius 2 is 1.85 bits per heavy atom. The molecule has 3 aromatic rings. The van der Waals surface area contributed by atoms with Crippen molar-refractivity contribution in [2.45, 2.75) is 37.2 Å². The largest absolute Gasteiger partial charge is 0.411 e. The van der Waals surface area contributed by atoms with E-state index in [9.17, 15) is 10.1 Å². The Morgan fingerprint density at radius 1 is 1.12 bits per heavy atom. The molecule has 0 spiro atoms. The summed E-state index contributed by atoms with van der Waals surface area (Å²) >= 11 is 1.35. The second-order valence-electron chi connectivity index (χ2n) is 6.92. The molecule has 0 radical (unpaired) electrons. The van der Waals surface area contributed by atoms with Crippen LogP contribution in [0.1, 0.15) is 31.9 Å². The van der Waals surface area contributed by atoms with Crippen LogP contribution < -0.4 is 0 Å². The summed E-state index contributed by atoms with van der Waals surface area (Å²) in [5, 5.41) is 19.4. The number of hydrogen-bond acceptors (Lipinski definition) is 6. The van der Waals surface area contributed by atoms with Crippen molar-refractivity contribution in [3.05, 3.63) is 69.8 Å². The van der Waals surface area contributed by atoms with Crippen LogP contribution >= 0.6 is 11.8 Å². The number of nitro benzene ring substituents is 1. The van der Waals surface area contributed by atoms with Crippen LogP contribution in [-0.2, 0) is 11.2 Å². The Labute approximate surface area is 155 Å². The van der Waals surface area contributed by atoms with E-state index in [1.165, 1.54) is 23.4 Å². The summed E-state index contributed by atoms with van der Waals surface area (Å²) in [4.78, 5) is 10.4. The molecule has 1 heterocycles. The highest BCUT2D eigenvalue weighted by Crippen LogP contribution is 2.28. The van der Waals surface area contributed by atoms with Gasteiger partial charge in [-0.3, -0.25) is 10.1 Å². The minimum absolute atomic E-state index is 0.0771. The number of rotatable bonds is 5. The van der Waals surface area contributed by atoms with E-state index in [0.29, 0.717) is 16.9 Å². The van der Waals surface area contributed by atoms with E-state index in [2.05, 4.69) is 43.1 Å². The molecule has 26 heavy (non-hydrogen) atoms. The molecule has 0 bridgehead atoms. The summed E-state index contributed by atoms with van der Waals surface area (Å²) in [5.41, 5.74) is 3.10. The molecule has 0 aliphatic rings. The zero-order chi connectivity index (χ0) is 18.7. The molecule has 0 aliphatic carbocycles. The van der Waals surface area contributed by atoms with Crippen molar-refractivity contribution in [1.29, 1.82) is 0 Å². The Hall–Kier alpha value is -2.67. The van der Waals surface area contributed by atoms with Gasteiger partial charge in [0, 0.05) is 23.4 Å². The Kier molecular flexibility index (Phi) is 5.08. The number of nitro groups is 1. The predicted octanol–water partition coefficient (Wildman–Crippen LogP) is 5.23. The van der Waals surface area contributed by atoms with E-state index in [1.54, 1.807) is 12.1 Å². The minimum atomic E-state index is -0.403. The van der Waals surface area contributed by atoms with Crippen LogP contribution in [-0.4, -0.2) is 15.1 Å². The molecule has 0 saturated carbocycles. The van der Waals surface area contributed by atoms with Gasteiger partial charge in [0.05, 0.1) is 4.92 Å². The number of aromatic nitrogens is 2. The molecule has 134 valence electrons. The zero-order valence-electron chi connectivity index (χ0n) is 14.8. The van der Waals surface area contributed by atoms with Crippen molar-refractivity contribution in [3.63, 3.8) is 0 Å². The summed E-state index contributed by atoms with van der Waals surface area (Å²) in [6, 6.07) is 14.6. The summed E-state index contributed by atoms with van der Waals surface area (Å²) in [6.45, 7) is 6.49. The highest BCUT2D eigenvalue weighted by Gasteiger charge is 2.15. The normalized spacial score (nSPS) is 11.5. The Balaban J connectivity index is 1.68. The molecule has 1 aromatic heterocycles. The lowest BCUT2D eigenvalue weighted by atomic mass is 9.87. The number of non-ortho nitro benzene ring substituents is 1. The van der Waals surface area contributed by atoms with Crippen molar-refractivity contribution < 1.29 is 9.34 Å². The van der Waals surface area contributed by atoms with Crippen LogP contribution in [0.25, 0.3) is 11.5 Å². The lowest BCUT2D eigenvalue weighted by Crippen LogP contribution is -2.10. The van der Waals surface area contributed by atoms with Crippen LogP contribution in [0.4, 0.5) is 5.69 Å². The molecule has 0 N–H and O–H groups in total. The van der Waals surface area contributed by atoms with Gasteiger partial charge in [-0.1, -0.05) is 56.8 Å². The average molecular weight is 369 g/mol. The molecular formula is C19H19N3O3S. The molecule has 0 aliphatic heterocycles. The summed E-state index contributed by atoms with van der Waals surface area (Å²) in [5.74, 6) is 0.985. The lowest BCUT2D eigenvalue weighted by molar-refractivity contribution is -0.384. The molecule has 2 aromatic carbocycles. The smallest absolute Gasteiger partial charge is 0.277 e. The molecular weight excluding hydrogens is 350 g/mol. The Bertz CT molecular complexity index is 914. The zero-order valence-corrected chi connectivity index (χ0v) is 15.6. The molecule has 6 nitrogen and oxygen atoms in total. The molecule has 0 amide bonds. The highest BCUT2D eigenvalue weighted by molar-refractivity contribution is 7.98. The first-order chi connectivity index (χ1) is 12.3. The van der Waals surface area contributed by atoms with E-state index in [-0.39, 0.29) is 11.1 Å². The molecule has 0 unspecified atom stereocenters. The molecule has 0 saturated heterocycles. The maximum atomic E-state index is 10.8. The second-order valence-corrected chi connectivity index (χ2v) is 7.84. The molecule has 0 fully saturated rings. The van der Waals surface area contributed by atoms with E-state index >= 15 is 0 Å². The monoisotopic (exact) mass is 369 g/mol. The van der Waals surface area contributed by atoms with Crippen LogP contribution in [0.15, 0.2) is 58.2 Å². The molecule has 3 rings (SSSR count). The van der Waals surface area contributed by atoms with Crippen molar-refractivity contribution in [1.82, 2.24) is 10.2 Å². The third kappa shape index (κ3) is 4.29. The van der Waals surface area contributed by atoms with Crippen molar-refractivity contribution in [2.24, 2.45) is 0 Å². The predicted molar refractivity (Wildman–Crippen MR) is 101 cm³/mol. The van der Waals surface area contributed by atoms with E-state index < -0.39 is 4.92 Å². The van der Waals surface area contributed by atoms with Gasteiger partial charge in [-0.2, -0.15) is 0 Å². The fourth-order valence-corrected chi connectivity index (χ4v) is 3.11. The van der Waals surface area contributed by atoms with Gasteiger partial charge in [-0.05, 0) is 28.7 Å². The third-order valence-electron chi connectivity index (χ3n) is 3.89. The van der Waals surface area contributed by atoms with Gasteiger partial charge in [0.1, 0.15) is 0 Å². The summed E-state index contributed by atoms with van der Waals surface area (Å²) in [7, 11) is 0. The van der Waals surface area contributed by atoms with Crippen LogP contribution in [0.3, 0.4) is 0 Å². The first-order valence-corrected chi connectivity index (χ1v) is 9.12. The van der Waals surface area contributed by atoms with Crippen LogP contribution in [0, 0.1) is 10.1 Å². The average Bonchev–Trinajstić information content (AvgIpc) is 3.08. The van der Waals surface area contributed by atoms with Gasteiger partial charge in [0.2, 0.25) is 5.89 Å². The second kappa shape index (κ2) is 7.29. The summed E-state index contributed by atoms with van der Waals surface area (Å²) < 4.78 is 5.70. The van der Waals surface area contributed by atoms with Crippen LogP contribution in [0.2, 0.25) is 0 Å². The standard InChI is InChI=1S/C19H19N3O3S/c1-19(2,3)15-9-7-14(8-10-15)17-20-21-18(25-17)26-12-13-5-4-6-16(11-13)22(23)24/h4-11H,12H2,1-3H3. The first-order valence-electron chi connectivity index (χ1n) is 8.13. The fourth-order valence-electron chi connectivity index (χ4n) is 2.40. The highest BCUT2D eigenvalue weighted by atomic mass is 32.2. The van der Waals surface area contributed by atoms with Gasteiger partial charge < -0.3 is 4.42 Å². The lowest BCUT2D eigenvalue weighted by Gasteiger charge is -2.18. The van der Waals surface area contributed by atoms with E-state index in [4.69, 9.17) is 4.42 Å². The van der Waals surface area contributed by atoms with E-state index in [1.807, 2.05) is 18.2 Å². The number of benzene rings is 2. The number of hydrogen-bond donors (Lipinski definition) is 0. The number of thioether (sulfide) groups is 1. The third-order valence-corrected chi connectivity index (χ3v) is 4.78. The summed E-state index contributed by atoms with van der Waals surface area (Å²) in [6.07, 6.45) is 0. The maximum absolute atomic E-state index is 10.8. The van der Waals surface area contributed by atoms with E-state index in [0.717, 1.165) is 11.1 Å². The van der Waals surface area contributed by atoms with Gasteiger partial charge in [0.15, 0.2) is 0 Å². The van der Waals surface area contributed by atoms with Gasteiger partial charge in [-0.25, -0.2) is 0 Å². The van der Waals surface area contributed by atoms with Crippen LogP contribution in [0.5, 0.6) is 0 Å². The van der Waals surface area contributed by atoms with Gasteiger partial charge >= 0.3 is 0 Å². The first kappa shape index (κ1) is 18.1. The quantitative estimate of drug-likeness (QED) is 0.348. The van der Waals surface area contributed by atoms with Gasteiger partial charge in [-0.15, -0.1) is 10.2 Å². The van der Waals surface area contributed by atoms with Crippen molar-refractivity contribution in [2.75, 3.05) is 0 Å². The Morgan fingerprint density at radius 3 is 2.50 bits per heavy atom. The van der Waals surface area contributed by atoms with Gasteiger partial charge in [0.25, 0.3) is 10.9 Å². The maximum Gasteiger partial charge on any atom is 0.277 e.